The molecule has 2 atom stereocenters. The number of fused-ring (bicyclic) bond motifs is 2. The van der Waals surface area contributed by atoms with Crippen LogP contribution >= 0.6 is 0 Å². The largest absolute Gasteiger partial charge is 0.452 e. The molecule has 1 aliphatic carbocycles. The number of aryl methyl sites for hydroxylation is 1. The maximum Gasteiger partial charge on any atom is 0.339 e. The monoisotopic (exact) mass is 422 g/mol. The number of para-hydroxylation sites is 1. The van der Waals surface area contributed by atoms with Crippen LogP contribution < -0.4 is 0 Å². The van der Waals surface area contributed by atoms with Crippen molar-refractivity contribution >= 4 is 22.8 Å². The van der Waals surface area contributed by atoms with Gasteiger partial charge in [0.05, 0.1) is 11.1 Å². The van der Waals surface area contributed by atoms with Crippen LogP contribution in [-0.4, -0.2) is 41.0 Å². The number of nitrogens with zero attached hydrogens (tertiary/aromatic N) is 2. The topological polar surface area (TPSA) is 59.5 Å². The molecule has 0 unspecified atom stereocenters. The molecule has 0 N–H and O–H groups in total. The lowest BCUT2D eigenvalue weighted by Gasteiger charge is -2.35. The summed E-state index contributed by atoms with van der Waals surface area (Å²) in [5.74, 6) is -0.0203. The van der Waals surface area contributed by atoms with Crippen LogP contribution in [0.15, 0.2) is 24.3 Å². The molecule has 0 radical (unpaired) electrons. The fraction of sp³-hybridized carbons (Fsp3) is 0.577. The number of piperidine rings is 1. The quantitative estimate of drug-likeness (QED) is 0.657. The van der Waals surface area contributed by atoms with Crippen molar-refractivity contribution < 1.29 is 14.3 Å². The summed E-state index contributed by atoms with van der Waals surface area (Å²) >= 11 is 0. The number of benzene rings is 1. The molecule has 2 aromatic rings. The average molecular weight is 423 g/mol. The number of amides is 1. The maximum atomic E-state index is 13.3. The van der Waals surface area contributed by atoms with Crippen LogP contribution in [-0.2, 0) is 22.4 Å². The molecule has 0 saturated carbocycles. The standard InChI is InChI=1S/C26H34N2O3/c1-17-9-7-8-14-28(17)23(29)16-31-25(30)24-19-10-5-6-11-21(19)27-22-13-12-18(15-20(22)24)26(2,3)4/h5-6,10-11,17-18H,7-9,12-16H2,1-4H3/t17-,18-/m1/s1. The van der Waals surface area contributed by atoms with Crippen molar-refractivity contribution in [3.05, 3.63) is 41.1 Å². The van der Waals surface area contributed by atoms with Crippen molar-refractivity contribution in [2.45, 2.75) is 72.3 Å². The van der Waals surface area contributed by atoms with Crippen LogP contribution in [0.5, 0.6) is 0 Å². The van der Waals surface area contributed by atoms with Crippen molar-refractivity contribution in [2.24, 2.45) is 11.3 Å². The van der Waals surface area contributed by atoms with E-state index >= 15 is 0 Å². The van der Waals surface area contributed by atoms with Gasteiger partial charge >= 0.3 is 5.97 Å². The molecule has 1 saturated heterocycles. The predicted octanol–water partition coefficient (Wildman–Crippen LogP) is 4.94. The highest BCUT2D eigenvalue weighted by Gasteiger charge is 2.33. The summed E-state index contributed by atoms with van der Waals surface area (Å²) in [7, 11) is 0. The van der Waals surface area contributed by atoms with Crippen LogP contribution in [0.1, 0.15) is 75.0 Å². The number of esters is 1. The van der Waals surface area contributed by atoms with Crippen molar-refractivity contribution in [2.75, 3.05) is 13.2 Å². The summed E-state index contributed by atoms with van der Waals surface area (Å²) in [6.45, 7) is 9.39. The highest BCUT2D eigenvalue weighted by Crippen LogP contribution is 2.39. The first kappa shape index (κ1) is 21.8. The first-order valence-corrected chi connectivity index (χ1v) is 11.6. The molecule has 4 rings (SSSR count). The molecule has 5 nitrogen and oxygen atoms in total. The minimum absolute atomic E-state index is 0.0969. The Balaban J connectivity index is 1.63. The van der Waals surface area contributed by atoms with Crippen molar-refractivity contribution in [1.82, 2.24) is 9.88 Å². The molecule has 1 amide bonds. The second kappa shape index (κ2) is 8.60. The Kier molecular flexibility index (Phi) is 6.05. The van der Waals surface area contributed by atoms with Gasteiger partial charge in [0.15, 0.2) is 6.61 Å². The number of pyridine rings is 1. The van der Waals surface area contributed by atoms with Crippen molar-refractivity contribution in [1.29, 1.82) is 0 Å². The van der Waals surface area contributed by atoms with Gasteiger partial charge in [-0.25, -0.2) is 4.79 Å². The Morgan fingerprint density at radius 3 is 2.68 bits per heavy atom. The van der Waals surface area contributed by atoms with E-state index in [0.29, 0.717) is 11.5 Å². The number of hydrogen-bond donors (Lipinski definition) is 0. The normalized spacial score (nSPS) is 21.6. The van der Waals surface area contributed by atoms with Crippen LogP contribution in [0.25, 0.3) is 10.9 Å². The first-order chi connectivity index (χ1) is 14.8. The summed E-state index contributed by atoms with van der Waals surface area (Å²) in [6.07, 6.45) is 5.93. The molecule has 1 fully saturated rings. The lowest BCUT2D eigenvalue weighted by Crippen LogP contribution is -2.44. The third kappa shape index (κ3) is 4.46. The van der Waals surface area contributed by atoms with Gasteiger partial charge in [0.2, 0.25) is 0 Å². The number of ether oxygens (including phenoxy) is 1. The van der Waals surface area contributed by atoms with E-state index in [2.05, 4.69) is 27.7 Å². The molecule has 1 aromatic heterocycles. The molecule has 166 valence electrons. The van der Waals surface area contributed by atoms with Gasteiger partial charge in [-0.15, -0.1) is 0 Å². The molecule has 0 bridgehead atoms. The van der Waals surface area contributed by atoms with E-state index in [1.165, 1.54) is 0 Å². The number of likely N-dealkylation sites (tertiary alicyclic amines) is 1. The van der Waals surface area contributed by atoms with Gasteiger partial charge in [0, 0.05) is 23.7 Å². The third-order valence-electron chi connectivity index (χ3n) is 7.14. The molecule has 1 aromatic carbocycles. The summed E-state index contributed by atoms with van der Waals surface area (Å²) in [5, 5.41) is 0.819. The van der Waals surface area contributed by atoms with Gasteiger partial charge in [-0.05, 0) is 68.4 Å². The highest BCUT2D eigenvalue weighted by atomic mass is 16.5. The van der Waals surface area contributed by atoms with Gasteiger partial charge in [0.25, 0.3) is 5.91 Å². The Bertz CT molecular complexity index is 992. The molecule has 2 aliphatic rings. The summed E-state index contributed by atoms with van der Waals surface area (Å²) in [4.78, 5) is 32.8. The SMILES string of the molecule is C[C@@H]1CCCCN1C(=O)COC(=O)c1c2c(nc3ccccc13)CC[C@@H](C(C)(C)C)C2. The average Bonchev–Trinajstić information content (AvgIpc) is 2.74. The maximum absolute atomic E-state index is 13.3. The summed E-state index contributed by atoms with van der Waals surface area (Å²) in [6, 6.07) is 7.97. The second-order valence-corrected chi connectivity index (χ2v) is 10.2. The van der Waals surface area contributed by atoms with Gasteiger partial charge in [-0.1, -0.05) is 39.0 Å². The Morgan fingerprint density at radius 1 is 1.16 bits per heavy atom. The highest BCUT2D eigenvalue weighted by molar-refractivity contribution is 6.05. The van der Waals surface area contributed by atoms with Crippen LogP contribution in [0.4, 0.5) is 0 Å². The molecule has 31 heavy (non-hydrogen) atoms. The minimum atomic E-state index is -0.401. The predicted molar refractivity (Wildman–Crippen MR) is 122 cm³/mol. The van der Waals surface area contributed by atoms with E-state index in [1.54, 1.807) is 0 Å². The van der Waals surface area contributed by atoms with Gasteiger partial charge in [-0.3, -0.25) is 9.78 Å². The zero-order valence-corrected chi connectivity index (χ0v) is 19.2. The number of carbonyl (C=O) groups excluding carboxylic acids is 2. The molecule has 2 heterocycles. The van der Waals surface area contributed by atoms with E-state index < -0.39 is 5.97 Å². The Hall–Kier alpha value is -2.43. The molecule has 0 spiro atoms. The van der Waals surface area contributed by atoms with Gasteiger partial charge < -0.3 is 9.64 Å². The van der Waals surface area contributed by atoms with E-state index in [-0.39, 0.29) is 24.0 Å². The number of rotatable bonds is 3. The molecule has 1 aliphatic heterocycles. The minimum Gasteiger partial charge on any atom is -0.452 e. The van der Waals surface area contributed by atoms with Crippen molar-refractivity contribution in [3.8, 4) is 0 Å². The third-order valence-corrected chi connectivity index (χ3v) is 7.14. The first-order valence-electron chi connectivity index (χ1n) is 11.6. The number of aromatic nitrogens is 1. The van der Waals surface area contributed by atoms with E-state index in [0.717, 1.165) is 67.2 Å². The zero-order valence-electron chi connectivity index (χ0n) is 19.2. The summed E-state index contributed by atoms with van der Waals surface area (Å²) in [5.41, 5.74) is 3.59. The van der Waals surface area contributed by atoms with E-state index in [4.69, 9.17) is 9.72 Å². The smallest absolute Gasteiger partial charge is 0.339 e. The molecular formula is C26H34N2O3. The van der Waals surface area contributed by atoms with E-state index in [9.17, 15) is 9.59 Å². The van der Waals surface area contributed by atoms with Gasteiger partial charge in [-0.2, -0.15) is 0 Å². The fourth-order valence-electron chi connectivity index (χ4n) is 5.11. The van der Waals surface area contributed by atoms with Crippen LogP contribution in [0.2, 0.25) is 0 Å². The lowest BCUT2D eigenvalue weighted by molar-refractivity contribution is -0.137. The van der Waals surface area contributed by atoms with Crippen molar-refractivity contribution in [3.63, 3.8) is 0 Å². The molecular weight excluding hydrogens is 388 g/mol. The fourth-order valence-corrected chi connectivity index (χ4v) is 5.11. The Labute approximate surface area is 185 Å². The van der Waals surface area contributed by atoms with Gasteiger partial charge in [0.1, 0.15) is 0 Å². The molecule has 5 heteroatoms. The number of hydrogen-bond acceptors (Lipinski definition) is 4. The Morgan fingerprint density at radius 2 is 1.94 bits per heavy atom. The van der Waals surface area contributed by atoms with Crippen LogP contribution in [0, 0.1) is 11.3 Å². The zero-order chi connectivity index (χ0) is 22.2. The van der Waals surface area contributed by atoms with Crippen LogP contribution in [0.3, 0.4) is 0 Å². The number of carbonyl (C=O) groups is 2. The van der Waals surface area contributed by atoms with E-state index in [1.807, 2.05) is 29.2 Å². The second-order valence-electron chi connectivity index (χ2n) is 10.2. The lowest BCUT2D eigenvalue weighted by atomic mass is 9.70. The summed E-state index contributed by atoms with van der Waals surface area (Å²) < 4.78 is 5.63.